The number of carbonyl (C=O) groups is 5. The van der Waals surface area contributed by atoms with Gasteiger partial charge in [-0.2, -0.15) is 0 Å². The number of amides is 4. The fourth-order valence-corrected chi connectivity index (χ4v) is 6.86. The van der Waals surface area contributed by atoms with Crippen molar-refractivity contribution < 1.29 is 33.4 Å². The second-order valence-electron chi connectivity index (χ2n) is 14.6. The lowest BCUT2D eigenvalue weighted by atomic mass is 9.93. The lowest BCUT2D eigenvalue weighted by Crippen LogP contribution is -2.55. The maximum absolute atomic E-state index is 14.5. The number of benzene rings is 4. The van der Waals surface area contributed by atoms with Gasteiger partial charge in [-0.15, -0.1) is 0 Å². The van der Waals surface area contributed by atoms with E-state index in [4.69, 9.17) is 26.7 Å². The summed E-state index contributed by atoms with van der Waals surface area (Å²) in [5, 5.41) is 8.35. The molecule has 9 N–H and O–H groups in total. The first-order chi connectivity index (χ1) is 28.8. The van der Waals surface area contributed by atoms with Crippen LogP contribution in [0, 0.1) is 18.8 Å². The van der Waals surface area contributed by atoms with Crippen LogP contribution in [0.25, 0.3) is 11.1 Å². The number of fused-ring (bicyclic) bond motifs is 5. The van der Waals surface area contributed by atoms with E-state index in [0.29, 0.717) is 50.4 Å². The molecule has 0 aliphatic carbocycles. The summed E-state index contributed by atoms with van der Waals surface area (Å²) in [4.78, 5) is 70.3. The lowest BCUT2D eigenvalue weighted by Gasteiger charge is -2.32. The van der Waals surface area contributed by atoms with Crippen molar-refractivity contribution in [2.45, 2.75) is 57.8 Å². The summed E-state index contributed by atoms with van der Waals surface area (Å²) in [6.07, 6.45) is 0.213. The van der Waals surface area contributed by atoms with E-state index in [1.54, 1.807) is 55.5 Å². The van der Waals surface area contributed by atoms with Crippen LogP contribution in [0.15, 0.2) is 84.9 Å². The van der Waals surface area contributed by atoms with Crippen molar-refractivity contribution in [1.29, 1.82) is 0 Å². The molecule has 60 heavy (non-hydrogen) atoms. The van der Waals surface area contributed by atoms with E-state index in [1.807, 2.05) is 36.4 Å². The third-order valence-electron chi connectivity index (χ3n) is 10.0. The molecule has 1 unspecified atom stereocenters. The second kappa shape index (κ2) is 20.9. The summed E-state index contributed by atoms with van der Waals surface area (Å²) >= 11 is 0. The smallest absolute Gasteiger partial charge is 0.252 e. The molecule has 0 spiro atoms. The minimum Gasteiger partial charge on any atom is -0.492 e. The first kappa shape index (κ1) is 44.6. The number of rotatable bonds is 13. The first-order valence-corrected chi connectivity index (χ1v) is 19.8. The number of ether oxygens (including phenoxy) is 2. The van der Waals surface area contributed by atoms with Crippen molar-refractivity contribution in [3.8, 4) is 34.5 Å². The van der Waals surface area contributed by atoms with Gasteiger partial charge >= 0.3 is 0 Å². The highest BCUT2D eigenvalue weighted by Crippen LogP contribution is 2.40. The molecule has 4 bridgehead atoms. The normalized spacial score (nSPS) is 16.8. The van der Waals surface area contributed by atoms with E-state index in [1.165, 1.54) is 25.8 Å². The quantitative estimate of drug-likeness (QED) is 0.108. The van der Waals surface area contributed by atoms with Crippen molar-refractivity contribution in [1.82, 2.24) is 20.9 Å². The number of hydrogen-bond donors (Lipinski definition) is 6. The van der Waals surface area contributed by atoms with Crippen LogP contribution in [0.4, 0.5) is 0 Å². The fourth-order valence-electron chi connectivity index (χ4n) is 6.86. The molecular formula is C46H53N7O7. The van der Waals surface area contributed by atoms with Gasteiger partial charge in [0.05, 0.1) is 6.04 Å². The van der Waals surface area contributed by atoms with Gasteiger partial charge in [-0.05, 0) is 111 Å². The van der Waals surface area contributed by atoms with Gasteiger partial charge in [0.25, 0.3) is 5.91 Å². The number of nitrogens with two attached hydrogens (primary N) is 3. The Labute approximate surface area is 350 Å². The van der Waals surface area contributed by atoms with Crippen molar-refractivity contribution in [3.63, 3.8) is 0 Å². The summed E-state index contributed by atoms with van der Waals surface area (Å²) in [6.45, 7) is 5.52. The van der Waals surface area contributed by atoms with E-state index in [0.717, 1.165) is 5.56 Å². The summed E-state index contributed by atoms with van der Waals surface area (Å²) in [7, 11) is 1.45. The van der Waals surface area contributed by atoms with Crippen molar-refractivity contribution in [2.24, 2.45) is 17.2 Å². The van der Waals surface area contributed by atoms with E-state index < -0.39 is 47.8 Å². The maximum Gasteiger partial charge on any atom is 0.252 e. The number of carbonyl (C=O) groups excluding carboxylic acids is 5. The Hall–Kier alpha value is -6.53. The van der Waals surface area contributed by atoms with Crippen LogP contribution < -0.4 is 42.6 Å². The van der Waals surface area contributed by atoms with Gasteiger partial charge in [0.1, 0.15) is 42.8 Å². The van der Waals surface area contributed by atoms with Crippen LogP contribution in [0.3, 0.4) is 0 Å². The van der Waals surface area contributed by atoms with Crippen molar-refractivity contribution >= 4 is 29.4 Å². The van der Waals surface area contributed by atoms with Gasteiger partial charge in [-0.3, -0.25) is 24.0 Å². The Bertz CT molecular complexity index is 2270. The molecule has 4 amide bonds. The highest BCUT2D eigenvalue weighted by atomic mass is 16.5. The SMILES string of the molecule is CC(=O)[C@@H]1Cc2ccc(OCCN)c(c2)-c2cc(ccc2OCCN)[C@H](N(C)C(=O)C(CCN)NC(=O)c2ccc(C#Cc3ccccc3)cc2C)C(=O)N[C@@H](C)C(=O)N1. The number of hydrogen-bond acceptors (Lipinski definition) is 10. The monoisotopic (exact) mass is 815 g/mol. The molecule has 1 heterocycles. The molecule has 4 aromatic carbocycles. The molecule has 0 aromatic heterocycles. The highest BCUT2D eigenvalue weighted by Gasteiger charge is 2.36. The number of ketones is 1. The average Bonchev–Trinajstić information content (AvgIpc) is 3.23. The van der Waals surface area contributed by atoms with E-state index in [9.17, 15) is 24.0 Å². The van der Waals surface area contributed by atoms with E-state index in [-0.39, 0.29) is 51.5 Å². The Kier molecular flexibility index (Phi) is 15.6. The highest BCUT2D eigenvalue weighted by molar-refractivity contribution is 6.00. The second-order valence-corrected chi connectivity index (χ2v) is 14.6. The third kappa shape index (κ3) is 11.1. The predicted octanol–water partition coefficient (Wildman–Crippen LogP) is 2.52. The summed E-state index contributed by atoms with van der Waals surface area (Å²) in [6, 6.07) is 20.7. The Morgan fingerprint density at radius 1 is 0.817 bits per heavy atom. The number of nitrogens with zero attached hydrogens (tertiary/aromatic N) is 1. The standard InChI is InChI=1S/C46H53N7O7/c1-28-24-32(11-10-31-8-6-5-7-9-31)12-15-35(28)44(56)51-38(18-19-47)46(58)53(4)42-34-14-17-41(60-23-21-49)37(27-34)36-25-33(13-16-40(36)59-22-20-48)26-39(30(3)54)52-43(55)29(2)50-45(42)57/h5-9,12-17,24-25,27,29,38-39,42H,18-23,26,47-49H2,1-4H3,(H,50,57)(H,51,56)(H,52,55)/t29-,38?,39-,42-/m0/s1. The zero-order valence-electron chi connectivity index (χ0n) is 34.4. The summed E-state index contributed by atoms with van der Waals surface area (Å²) < 4.78 is 12.2. The number of aryl methyl sites for hydroxylation is 1. The van der Waals surface area contributed by atoms with Crippen LogP contribution in [0.2, 0.25) is 0 Å². The molecule has 314 valence electrons. The zero-order chi connectivity index (χ0) is 43.3. The molecule has 1 aliphatic rings. The molecule has 4 aromatic rings. The molecule has 14 heteroatoms. The molecule has 1 aliphatic heterocycles. The van der Waals surface area contributed by atoms with Crippen LogP contribution in [-0.4, -0.2) is 92.3 Å². The fraction of sp³-hybridized carbons (Fsp3) is 0.326. The molecule has 14 nitrogen and oxygen atoms in total. The third-order valence-corrected chi connectivity index (χ3v) is 10.0. The predicted molar refractivity (Wildman–Crippen MR) is 229 cm³/mol. The molecule has 0 saturated heterocycles. The molecule has 0 saturated carbocycles. The molecule has 0 fully saturated rings. The van der Waals surface area contributed by atoms with Gasteiger partial charge in [-0.25, -0.2) is 0 Å². The van der Waals surface area contributed by atoms with Gasteiger partial charge in [0.2, 0.25) is 17.7 Å². The summed E-state index contributed by atoms with van der Waals surface area (Å²) in [5.74, 6) is 4.41. The van der Waals surface area contributed by atoms with Crippen LogP contribution in [-0.2, 0) is 25.6 Å². The zero-order valence-corrected chi connectivity index (χ0v) is 34.4. The van der Waals surface area contributed by atoms with Crippen molar-refractivity contribution in [3.05, 3.63) is 118 Å². The lowest BCUT2D eigenvalue weighted by molar-refractivity contribution is -0.141. The average molecular weight is 816 g/mol. The Balaban J connectivity index is 1.55. The first-order valence-electron chi connectivity index (χ1n) is 19.8. The molecule has 5 rings (SSSR count). The van der Waals surface area contributed by atoms with Crippen LogP contribution >= 0.6 is 0 Å². The van der Waals surface area contributed by atoms with Crippen LogP contribution in [0.5, 0.6) is 11.5 Å². The van der Waals surface area contributed by atoms with E-state index >= 15 is 0 Å². The van der Waals surface area contributed by atoms with E-state index in [2.05, 4.69) is 27.8 Å². The number of Topliss-reactive ketones (excluding diaryl/α,β-unsaturated/α-hetero) is 1. The van der Waals surface area contributed by atoms with Gasteiger partial charge in [0.15, 0.2) is 5.78 Å². The Morgan fingerprint density at radius 2 is 1.47 bits per heavy atom. The summed E-state index contributed by atoms with van der Waals surface area (Å²) in [5.41, 5.74) is 22.3. The van der Waals surface area contributed by atoms with Gasteiger partial charge in [0, 0.05) is 48.0 Å². The molecular weight excluding hydrogens is 763 g/mol. The largest absolute Gasteiger partial charge is 0.492 e. The minimum absolute atomic E-state index is 0.0438. The van der Waals surface area contributed by atoms with Gasteiger partial charge < -0.3 is 47.5 Å². The topological polar surface area (TPSA) is 221 Å². The number of likely N-dealkylation sites (N-methyl/N-ethyl adjacent to an activating group) is 1. The molecule has 4 atom stereocenters. The minimum atomic E-state index is -1.33. The number of nitrogens with one attached hydrogen (secondary N) is 3. The van der Waals surface area contributed by atoms with Gasteiger partial charge in [-0.1, -0.05) is 42.2 Å². The van der Waals surface area contributed by atoms with Crippen molar-refractivity contribution in [2.75, 3.05) is 39.9 Å². The Morgan fingerprint density at radius 3 is 2.10 bits per heavy atom. The van der Waals surface area contributed by atoms with Crippen LogP contribution in [0.1, 0.15) is 64.5 Å². The maximum atomic E-state index is 14.5. The molecule has 0 radical (unpaired) electrons.